The van der Waals surface area contributed by atoms with Crippen molar-refractivity contribution in [3.05, 3.63) is 51.5 Å². The number of thiazole rings is 1. The fourth-order valence-corrected chi connectivity index (χ4v) is 2.52. The van der Waals surface area contributed by atoms with Gasteiger partial charge in [0.2, 0.25) is 0 Å². The van der Waals surface area contributed by atoms with Crippen LogP contribution in [0, 0.1) is 24.1 Å². The summed E-state index contributed by atoms with van der Waals surface area (Å²) in [5.41, 5.74) is 1.05. The molecule has 0 spiro atoms. The lowest BCUT2D eigenvalue weighted by Gasteiger charge is -1.98. The maximum Gasteiger partial charge on any atom is 0.259 e. The molecule has 2 heterocycles. The molecule has 5 nitrogen and oxygen atoms in total. The molecule has 7 heteroatoms. The van der Waals surface area contributed by atoms with E-state index in [0.717, 1.165) is 10.7 Å². The maximum atomic E-state index is 13.6. The lowest BCUT2D eigenvalue weighted by Crippen LogP contribution is -1.92. The summed E-state index contributed by atoms with van der Waals surface area (Å²) in [5.74, 6) is -0.0265. The number of aryl methyl sites for hydroxylation is 1. The van der Waals surface area contributed by atoms with E-state index in [-0.39, 0.29) is 11.5 Å². The van der Waals surface area contributed by atoms with Crippen LogP contribution in [0.15, 0.2) is 28.1 Å². The third-order valence-corrected chi connectivity index (χ3v) is 3.65. The van der Waals surface area contributed by atoms with Gasteiger partial charge in [-0.15, -0.1) is 11.3 Å². The Balaban J connectivity index is 1.92. The van der Waals surface area contributed by atoms with Crippen molar-refractivity contribution in [1.29, 1.82) is 5.26 Å². The molecule has 0 aliphatic heterocycles. The predicted molar refractivity (Wildman–Crippen MR) is 74.1 cm³/mol. The van der Waals surface area contributed by atoms with Crippen LogP contribution in [-0.4, -0.2) is 15.1 Å². The molecule has 21 heavy (non-hydrogen) atoms. The van der Waals surface area contributed by atoms with Crippen LogP contribution in [0.4, 0.5) is 4.39 Å². The van der Waals surface area contributed by atoms with Gasteiger partial charge in [0.05, 0.1) is 22.7 Å². The molecule has 104 valence electrons. The van der Waals surface area contributed by atoms with E-state index in [4.69, 9.17) is 9.78 Å². The molecule has 1 aromatic carbocycles. The maximum absolute atomic E-state index is 13.6. The molecular formula is C14H9FN4OS. The number of nitriles is 1. The minimum atomic E-state index is -0.607. The minimum Gasteiger partial charge on any atom is -0.334 e. The number of halogens is 1. The van der Waals surface area contributed by atoms with Gasteiger partial charge in [-0.25, -0.2) is 9.37 Å². The molecule has 0 saturated heterocycles. The summed E-state index contributed by atoms with van der Waals surface area (Å²) in [5, 5.41) is 15.8. The third-order valence-electron chi connectivity index (χ3n) is 2.83. The summed E-state index contributed by atoms with van der Waals surface area (Å²) in [7, 11) is 0. The second-order valence-electron chi connectivity index (χ2n) is 4.32. The zero-order valence-electron chi connectivity index (χ0n) is 11.0. The third kappa shape index (κ3) is 2.66. The summed E-state index contributed by atoms with van der Waals surface area (Å²) in [6, 6.07) is 6.11. The number of hydrogen-bond acceptors (Lipinski definition) is 6. The molecule has 0 atom stereocenters. The molecule has 0 unspecified atom stereocenters. The standard InChI is InChI=1S/C14H9FN4OS/c1-8-17-9(7-21-8)5-13-18-14(20-19-13)10-3-2-4-12(15)11(10)6-16/h2-4,7H,5H2,1H3. The van der Waals surface area contributed by atoms with Crippen LogP contribution in [0.3, 0.4) is 0 Å². The molecule has 0 fully saturated rings. The van der Waals surface area contributed by atoms with Crippen LogP contribution in [0.2, 0.25) is 0 Å². The van der Waals surface area contributed by atoms with E-state index in [0.29, 0.717) is 17.8 Å². The van der Waals surface area contributed by atoms with Crippen LogP contribution in [0.25, 0.3) is 11.5 Å². The number of hydrogen-bond donors (Lipinski definition) is 0. The van der Waals surface area contributed by atoms with E-state index in [1.807, 2.05) is 18.4 Å². The zero-order chi connectivity index (χ0) is 14.8. The average molecular weight is 300 g/mol. The van der Waals surface area contributed by atoms with Crippen molar-refractivity contribution >= 4 is 11.3 Å². The van der Waals surface area contributed by atoms with Crippen LogP contribution >= 0.6 is 11.3 Å². The van der Waals surface area contributed by atoms with Gasteiger partial charge in [0.25, 0.3) is 5.89 Å². The normalized spacial score (nSPS) is 10.5. The van der Waals surface area contributed by atoms with Gasteiger partial charge in [0, 0.05) is 5.38 Å². The van der Waals surface area contributed by atoms with Crippen molar-refractivity contribution in [3.63, 3.8) is 0 Å². The smallest absolute Gasteiger partial charge is 0.259 e. The Labute approximate surface area is 123 Å². The first-order valence-electron chi connectivity index (χ1n) is 6.10. The van der Waals surface area contributed by atoms with Gasteiger partial charge in [-0.3, -0.25) is 0 Å². The van der Waals surface area contributed by atoms with Crippen molar-refractivity contribution < 1.29 is 8.91 Å². The molecule has 0 saturated carbocycles. The topological polar surface area (TPSA) is 75.6 Å². The molecule has 0 N–H and O–H groups in total. The molecule has 0 aliphatic rings. The van der Waals surface area contributed by atoms with Gasteiger partial charge in [0.15, 0.2) is 5.82 Å². The number of aromatic nitrogens is 3. The second kappa shape index (κ2) is 5.42. The second-order valence-corrected chi connectivity index (χ2v) is 5.39. The van der Waals surface area contributed by atoms with Gasteiger partial charge >= 0.3 is 0 Å². The van der Waals surface area contributed by atoms with Crippen LogP contribution in [-0.2, 0) is 6.42 Å². The first kappa shape index (κ1) is 13.4. The molecule has 3 aromatic rings. The number of nitrogens with zero attached hydrogens (tertiary/aromatic N) is 4. The first-order chi connectivity index (χ1) is 10.2. The molecule has 0 aliphatic carbocycles. The zero-order valence-corrected chi connectivity index (χ0v) is 11.8. The Morgan fingerprint density at radius 2 is 2.24 bits per heavy atom. The van der Waals surface area contributed by atoms with Gasteiger partial charge in [0.1, 0.15) is 17.4 Å². The first-order valence-corrected chi connectivity index (χ1v) is 6.98. The Bertz CT molecular complexity index is 834. The number of rotatable bonds is 3. The highest BCUT2D eigenvalue weighted by atomic mass is 32.1. The fourth-order valence-electron chi connectivity index (χ4n) is 1.90. The van der Waals surface area contributed by atoms with E-state index in [1.165, 1.54) is 12.1 Å². The minimum absolute atomic E-state index is 0.0998. The van der Waals surface area contributed by atoms with Gasteiger partial charge in [-0.2, -0.15) is 10.2 Å². The Hall–Kier alpha value is -2.59. The quantitative estimate of drug-likeness (QED) is 0.743. The Morgan fingerprint density at radius 1 is 1.38 bits per heavy atom. The van der Waals surface area contributed by atoms with Gasteiger partial charge in [-0.05, 0) is 19.1 Å². The highest BCUT2D eigenvalue weighted by Crippen LogP contribution is 2.24. The monoisotopic (exact) mass is 300 g/mol. The molecule has 0 amide bonds. The van der Waals surface area contributed by atoms with E-state index in [1.54, 1.807) is 17.4 Å². The Kier molecular flexibility index (Phi) is 3.46. The highest BCUT2D eigenvalue weighted by Gasteiger charge is 2.16. The molecule has 3 rings (SSSR count). The largest absolute Gasteiger partial charge is 0.334 e. The van der Waals surface area contributed by atoms with Crippen molar-refractivity contribution in [1.82, 2.24) is 15.1 Å². The van der Waals surface area contributed by atoms with Gasteiger partial charge < -0.3 is 4.52 Å². The van der Waals surface area contributed by atoms with Crippen LogP contribution in [0.1, 0.15) is 22.1 Å². The van der Waals surface area contributed by atoms with E-state index in [2.05, 4.69) is 15.1 Å². The summed E-state index contributed by atoms with van der Waals surface area (Å²) in [4.78, 5) is 8.52. The van der Waals surface area contributed by atoms with E-state index >= 15 is 0 Å². The van der Waals surface area contributed by atoms with E-state index in [9.17, 15) is 4.39 Å². The Morgan fingerprint density at radius 3 is 2.95 bits per heavy atom. The van der Waals surface area contributed by atoms with E-state index < -0.39 is 5.82 Å². The molecular weight excluding hydrogens is 291 g/mol. The fraction of sp³-hybridized carbons (Fsp3) is 0.143. The molecule has 2 aromatic heterocycles. The summed E-state index contributed by atoms with van der Waals surface area (Å²) < 4.78 is 18.7. The van der Waals surface area contributed by atoms with Crippen LogP contribution < -0.4 is 0 Å². The number of benzene rings is 1. The van der Waals surface area contributed by atoms with Crippen molar-refractivity contribution in [2.24, 2.45) is 0 Å². The van der Waals surface area contributed by atoms with Gasteiger partial charge in [-0.1, -0.05) is 11.2 Å². The predicted octanol–water partition coefficient (Wildman–Crippen LogP) is 3.10. The molecule has 0 bridgehead atoms. The molecule has 0 radical (unpaired) electrons. The SMILES string of the molecule is Cc1nc(Cc2noc(-c3cccc(F)c3C#N)n2)cs1. The van der Waals surface area contributed by atoms with Crippen molar-refractivity contribution in [2.75, 3.05) is 0 Å². The lowest BCUT2D eigenvalue weighted by molar-refractivity contribution is 0.423. The van der Waals surface area contributed by atoms with Crippen LogP contribution in [0.5, 0.6) is 0 Å². The summed E-state index contributed by atoms with van der Waals surface area (Å²) in [6.45, 7) is 1.92. The summed E-state index contributed by atoms with van der Waals surface area (Å²) >= 11 is 1.54. The highest BCUT2D eigenvalue weighted by molar-refractivity contribution is 7.09. The summed E-state index contributed by atoms with van der Waals surface area (Å²) in [6.07, 6.45) is 0.436. The average Bonchev–Trinajstić information content (AvgIpc) is 3.08. The lowest BCUT2D eigenvalue weighted by atomic mass is 10.1. The van der Waals surface area contributed by atoms with Crippen molar-refractivity contribution in [2.45, 2.75) is 13.3 Å². The van der Waals surface area contributed by atoms with Crippen molar-refractivity contribution in [3.8, 4) is 17.5 Å².